The third-order valence-corrected chi connectivity index (χ3v) is 2.39. The van der Waals surface area contributed by atoms with Gasteiger partial charge in [0.2, 0.25) is 0 Å². The zero-order valence-corrected chi connectivity index (χ0v) is 8.74. The first-order valence-corrected chi connectivity index (χ1v) is 4.84. The van der Waals surface area contributed by atoms with E-state index in [2.05, 4.69) is 4.98 Å². The predicted octanol–water partition coefficient (Wildman–Crippen LogP) is 3.07. The lowest BCUT2D eigenvalue weighted by atomic mass is 10.0. The van der Waals surface area contributed by atoms with Crippen LogP contribution in [0.4, 0.5) is 4.39 Å². The Morgan fingerprint density at radius 3 is 2.75 bits per heavy atom. The fourth-order valence-electron chi connectivity index (χ4n) is 1.57. The first-order valence-electron chi connectivity index (χ1n) is 4.84. The number of hydrogen-bond donors (Lipinski definition) is 0. The van der Waals surface area contributed by atoms with E-state index in [0.29, 0.717) is 11.1 Å². The summed E-state index contributed by atoms with van der Waals surface area (Å²) < 4.78 is 13.6. The molecule has 0 spiro atoms. The second-order valence-electron chi connectivity index (χ2n) is 3.44. The summed E-state index contributed by atoms with van der Waals surface area (Å²) in [5.74, 6) is -0.338. The highest BCUT2D eigenvalue weighted by Crippen LogP contribution is 2.25. The molecule has 0 amide bonds. The van der Waals surface area contributed by atoms with Crippen LogP contribution < -0.4 is 0 Å². The fraction of sp³-hybridized carbons (Fsp3) is 0.0769. The molecule has 16 heavy (non-hydrogen) atoms. The SMILES string of the molecule is Cc1ncccc1-c1cc(C#N)ccc1F. The van der Waals surface area contributed by atoms with Gasteiger partial charge >= 0.3 is 0 Å². The molecule has 78 valence electrons. The Bertz CT molecular complexity index is 570. The van der Waals surface area contributed by atoms with Crippen LogP contribution in [0.2, 0.25) is 0 Å². The van der Waals surface area contributed by atoms with Crippen LogP contribution in [0.5, 0.6) is 0 Å². The van der Waals surface area contributed by atoms with Crippen molar-refractivity contribution in [1.29, 1.82) is 5.26 Å². The van der Waals surface area contributed by atoms with Crippen LogP contribution in [0, 0.1) is 24.1 Å². The molecule has 0 aliphatic carbocycles. The van der Waals surface area contributed by atoms with Crippen LogP contribution >= 0.6 is 0 Å². The van der Waals surface area contributed by atoms with E-state index in [-0.39, 0.29) is 5.82 Å². The summed E-state index contributed by atoms with van der Waals surface area (Å²) in [7, 11) is 0. The van der Waals surface area contributed by atoms with Gasteiger partial charge in [-0.15, -0.1) is 0 Å². The quantitative estimate of drug-likeness (QED) is 0.728. The molecule has 0 aliphatic rings. The van der Waals surface area contributed by atoms with Crippen molar-refractivity contribution in [1.82, 2.24) is 4.98 Å². The number of nitriles is 1. The van der Waals surface area contributed by atoms with Gasteiger partial charge in [-0.2, -0.15) is 5.26 Å². The summed E-state index contributed by atoms with van der Waals surface area (Å²) in [6, 6.07) is 9.85. The van der Waals surface area contributed by atoms with Gasteiger partial charge in [0.05, 0.1) is 11.6 Å². The molecule has 0 saturated carbocycles. The highest BCUT2D eigenvalue weighted by Gasteiger charge is 2.08. The number of aryl methyl sites for hydroxylation is 1. The molecule has 2 nitrogen and oxygen atoms in total. The predicted molar refractivity (Wildman–Crippen MR) is 59.1 cm³/mol. The lowest BCUT2D eigenvalue weighted by Crippen LogP contribution is -1.91. The van der Waals surface area contributed by atoms with Gasteiger partial charge in [0.25, 0.3) is 0 Å². The van der Waals surface area contributed by atoms with Crippen LogP contribution in [-0.2, 0) is 0 Å². The summed E-state index contributed by atoms with van der Waals surface area (Å²) in [6.45, 7) is 1.81. The van der Waals surface area contributed by atoms with Gasteiger partial charge in [0, 0.05) is 23.0 Å². The highest BCUT2D eigenvalue weighted by atomic mass is 19.1. The second-order valence-corrected chi connectivity index (χ2v) is 3.44. The van der Waals surface area contributed by atoms with E-state index in [9.17, 15) is 4.39 Å². The average Bonchev–Trinajstić information content (AvgIpc) is 2.31. The standard InChI is InChI=1S/C13H9FN2/c1-9-11(3-2-6-16-9)12-7-10(8-15)4-5-13(12)14/h2-7H,1H3. The minimum absolute atomic E-state index is 0.338. The van der Waals surface area contributed by atoms with Crippen LogP contribution in [-0.4, -0.2) is 4.98 Å². The maximum atomic E-state index is 13.6. The molecule has 0 N–H and O–H groups in total. The van der Waals surface area contributed by atoms with Crippen molar-refractivity contribution in [2.24, 2.45) is 0 Å². The topological polar surface area (TPSA) is 36.7 Å². The fourth-order valence-corrected chi connectivity index (χ4v) is 1.57. The second kappa shape index (κ2) is 4.11. The van der Waals surface area contributed by atoms with E-state index >= 15 is 0 Å². The third-order valence-electron chi connectivity index (χ3n) is 2.39. The average molecular weight is 212 g/mol. The normalized spacial score (nSPS) is 9.81. The number of aromatic nitrogens is 1. The maximum Gasteiger partial charge on any atom is 0.131 e. The van der Waals surface area contributed by atoms with Crippen LogP contribution in [0.3, 0.4) is 0 Å². The smallest absolute Gasteiger partial charge is 0.131 e. The number of halogens is 1. The van der Waals surface area contributed by atoms with Crippen molar-refractivity contribution < 1.29 is 4.39 Å². The van der Waals surface area contributed by atoms with Gasteiger partial charge in [-0.3, -0.25) is 4.98 Å². The molecular weight excluding hydrogens is 203 g/mol. The zero-order valence-electron chi connectivity index (χ0n) is 8.74. The molecule has 0 radical (unpaired) electrons. The number of rotatable bonds is 1. The van der Waals surface area contributed by atoms with Gasteiger partial charge < -0.3 is 0 Å². The summed E-state index contributed by atoms with van der Waals surface area (Å²) in [6.07, 6.45) is 1.66. The molecule has 0 fully saturated rings. The van der Waals surface area contributed by atoms with Crippen molar-refractivity contribution >= 4 is 0 Å². The van der Waals surface area contributed by atoms with Crippen molar-refractivity contribution in [3.63, 3.8) is 0 Å². The van der Waals surface area contributed by atoms with Crippen LogP contribution in [0.25, 0.3) is 11.1 Å². The Balaban J connectivity index is 2.65. The number of pyridine rings is 1. The van der Waals surface area contributed by atoms with Gasteiger partial charge in [-0.25, -0.2) is 4.39 Å². The van der Waals surface area contributed by atoms with Crippen LogP contribution in [0.15, 0.2) is 36.5 Å². The molecule has 0 saturated heterocycles. The minimum Gasteiger partial charge on any atom is -0.261 e. The molecular formula is C13H9FN2. The van der Waals surface area contributed by atoms with Crippen molar-refractivity contribution in [3.8, 4) is 17.2 Å². The largest absolute Gasteiger partial charge is 0.261 e. The monoisotopic (exact) mass is 212 g/mol. The van der Waals surface area contributed by atoms with Gasteiger partial charge in [-0.1, -0.05) is 6.07 Å². The zero-order chi connectivity index (χ0) is 11.5. The molecule has 0 bridgehead atoms. The van der Waals surface area contributed by atoms with Crippen molar-refractivity contribution in [2.75, 3.05) is 0 Å². The Hall–Kier alpha value is -2.21. The molecule has 3 heteroatoms. The Labute approximate surface area is 93.0 Å². The number of hydrogen-bond acceptors (Lipinski definition) is 2. The molecule has 0 aliphatic heterocycles. The van der Waals surface area contributed by atoms with E-state index < -0.39 is 0 Å². The van der Waals surface area contributed by atoms with Gasteiger partial charge in [-0.05, 0) is 31.2 Å². The lowest BCUT2D eigenvalue weighted by molar-refractivity contribution is 0.631. The van der Waals surface area contributed by atoms with Gasteiger partial charge in [0.1, 0.15) is 5.82 Å². The first-order chi connectivity index (χ1) is 7.72. The summed E-state index contributed by atoms with van der Waals surface area (Å²) in [5.41, 5.74) is 2.33. The molecule has 1 aromatic carbocycles. The van der Waals surface area contributed by atoms with E-state index in [1.54, 1.807) is 24.4 Å². The summed E-state index contributed by atoms with van der Waals surface area (Å²) >= 11 is 0. The number of nitrogens with zero attached hydrogens (tertiary/aromatic N) is 2. The van der Waals surface area contributed by atoms with Crippen LogP contribution in [0.1, 0.15) is 11.3 Å². The first kappa shape index (κ1) is 10.3. The molecule has 1 heterocycles. The van der Waals surface area contributed by atoms with E-state index in [1.165, 1.54) is 12.1 Å². The van der Waals surface area contributed by atoms with E-state index in [4.69, 9.17) is 5.26 Å². The maximum absolute atomic E-state index is 13.6. The minimum atomic E-state index is -0.338. The summed E-state index contributed by atoms with van der Waals surface area (Å²) in [5, 5.41) is 8.78. The van der Waals surface area contributed by atoms with E-state index in [0.717, 1.165) is 11.3 Å². The van der Waals surface area contributed by atoms with Crippen molar-refractivity contribution in [2.45, 2.75) is 6.92 Å². The van der Waals surface area contributed by atoms with Crippen molar-refractivity contribution in [3.05, 3.63) is 53.6 Å². The molecule has 1 aromatic heterocycles. The highest BCUT2D eigenvalue weighted by molar-refractivity contribution is 5.67. The molecule has 0 atom stereocenters. The lowest BCUT2D eigenvalue weighted by Gasteiger charge is -2.06. The Kier molecular flexibility index (Phi) is 2.65. The van der Waals surface area contributed by atoms with Gasteiger partial charge in [0.15, 0.2) is 0 Å². The molecule has 2 aromatic rings. The molecule has 2 rings (SSSR count). The Morgan fingerprint density at radius 2 is 2.06 bits per heavy atom. The number of benzene rings is 1. The van der Waals surface area contributed by atoms with E-state index in [1.807, 2.05) is 13.0 Å². The third kappa shape index (κ3) is 1.78. The molecule has 0 unspecified atom stereocenters. The Morgan fingerprint density at radius 1 is 1.25 bits per heavy atom. The summed E-state index contributed by atoms with van der Waals surface area (Å²) in [4.78, 5) is 4.10.